The van der Waals surface area contributed by atoms with Gasteiger partial charge in [-0.25, -0.2) is 0 Å². The van der Waals surface area contributed by atoms with E-state index < -0.39 is 6.61 Å². The lowest BCUT2D eigenvalue weighted by Gasteiger charge is -2.12. The maximum atomic E-state index is 12.3. The van der Waals surface area contributed by atoms with E-state index in [1.165, 1.54) is 6.07 Å². The number of hydrogen-bond acceptors (Lipinski definition) is 3. The van der Waals surface area contributed by atoms with E-state index in [0.717, 1.165) is 11.3 Å². The molecule has 2 N–H and O–H groups in total. The van der Waals surface area contributed by atoms with Crippen molar-refractivity contribution in [3.8, 4) is 11.5 Å². The maximum Gasteiger partial charge on any atom is 0.387 e. The number of benzene rings is 2. The number of phenolic OH excluding ortho intramolecular Hbond substituents is 1. The van der Waals surface area contributed by atoms with Gasteiger partial charge in [-0.05, 0) is 36.8 Å². The van der Waals surface area contributed by atoms with Gasteiger partial charge in [0.05, 0.1) is 0 Å². The Morgan fingerprint density at radius 3 is 2.65 bits per heavy atom. The first-order valence-electron chi connectivity index (χ1n) is 6.12. The van der Waals surface area contributed by atoms with Crippen LogP contribution in [0.4, 0.5) is 14.5 Å². The van der Waals surface area contributed by atoms with Gasteiger partial charge in [0.2, 0.25) is 0 Å². The molecule has 2 rings (SSSR count). The molecule has 20 heavy (non-hydrogen) atoms. The highest BCUT2D eigenvalue weighted by Gasteiger charge is 2.08. The number of alkyl halides is 2. The third-order valence-corrected chi connectivity index (χ3v) is 2.87. The average molecular weight is 279 g/mol. The fraction of sp³-hybridized carbons (Fsp3) is 0.200. The van der Waals surface area contributed by atoms with Gasteiger partial charge < -0.3 is 15.2 Å². The van der Waals surface area contributed by atoms with Crippen LogP contribution in [0.3, 0.4) is 0 Å². The summed E-state index contributed by atoms with van der Waals surface area (Å²) in [5.74, 6) is 0.377. The molecule has 0 saturated heterocycles. The van der Waals surface area contributed by atoms with Gasteiger partial charge in [0.25, 0.3) is 0 Å². The van der Waals surface area contributed by atoms with E-state index in [4.69, 9.17) is 0 Å². The van der Waals surface area contributed by atoms with Gasteiger partial charge in [-0.2, -0.15) is 8.78 Å². The van der Waals surface area contributed by atoms with Crippen LogP contribution in [0.5, 0.6) is 11.5 Å². The summed E-state index contributed by atoms with van der Waals surface area (Å²) in [5.41, 5.74) is 2.18. The van der Waals surface area contributed by atoms with Crippen molar-refractivity contribution >= 4 is 5.69 Å². The topological polar surface area (TPSA) is 41.5 Å². The van der Waals surface area contributed by atoms with Crippen molar-refractivity contribution < 1.29 is 18.6 Å². The molecule has 0 aliphatic heterocycles. The van der Waals surface area contributed by atoms with Crippen molar-refractivity contribution in [1.82, 2.24) is 0 Å². The van der Waals surface area contributed by atoms with Gasteiger partial charge in [-0.3, -0.25) is 0 Å². The van der Waals surface area contributed by atoms with Crippen molar-refractivity contribution in [1.29, 1.82) is 0 Å². The molecule has 0 aliphatic carbocycles. The second-order valence-corrected chi connectivity index (χ2v) is 4.34. The van der Waals surface area contributed by atoms with Crippen LogP contribution in [0.2, 0.25) is 0 Å². The summed E-state index contributed by atoms with van der Waals surface area (Å²) in [6.07, 6.45) is 0. The fourth-order valence-corrected chi connectivity index (χ4v) is 1.82. The fourth-order valence-electron chi connectivity index (χ4n) is 1.82. The molecule has 0 saturated carbocycles. The molecular formula is C15H15F2NO2. The smallest absolute Gasteiger partial charge is 0.387 e. The predicted octanol–water partition coefficient (Wildman–Crippen LogP) is 3.91. The first kappa shape index (κ1) is 14.1. The van der Waals surface area contributed by atoms with E-state index >= 15 is 0 Å². The number of para-hydroxylation sites is 1. The molecule has 0 unspecified atom stereocenters. The highest BCUT2D eigenvalue weighted by Crippen LogP contribution is 2.23. The molecule has 2 aromatic rings. The Hall–Kier alpha value is -2.30. The molecule has 2 aromatic carbocycles. The van der Waals surface area contributed by atoms with E-state index in [9.17, 15) is 13.9 Å². The van der Waals surface area contributed by atoms with Gasteiger partial charge in [0.15, 0.2) is 0 Å². The number of rotatable bonds is 5. The number of aromatic hydroxyl groups is 1. The van der Waals surface area contributed by atoms with E-state index in [1.54, 1.807) is 43.3 Å². The van der Waals surface area contributed by atoms with Crippen LogP contribution < -0.4 is 10.1 Å². The summed E-state index contributed by atoms with van der Waals surface area (Å²) >= 11 is 0. The normalized spacial score (nSPS) is 10.6. The molecule has 0 aromatic heterocycles. The molecule has 5 heteroatoms. The highest BCUT2D eigenvalue weighted by molar-refractivity contribution is 5.51. The summed E-state index contributed by atoms with van der Waals surface area (Å²) in [5, 5.41) is 12.5. The lowest BCUT2D eigenvalue weighted by Crippen LogP contribution is -2.07. The van der Waals surface area contributed by atoms with Crippen LogP contribution in [0.1, 0.15) is 11.1 Å². The third kappa shape index (κ3) is 3.60. The largest absolute Gasteiger partial charge is 0.508 e. The van der Waals surface area contributed by atoms with Crippen LogP contribution >= 0.6 is 0 Å². The Balaban J connectivity index is 2.08. The number of anilines is 1. The van der Waals surface area contributed by atoms with Crippen molar-refractivity contribution in [2.24, 2.45) is 0 Å². The van der Waals surface area contributed by atoms with Crippen LogP contribution in [-0.2, 0) is 6.54 Å². The van der Waals surface area contributed by atoms with Crippen LogP contribution in [-0.4, -0.2) is 11.7 Å². The molecule has 0 heterocycles. The van der Waals surface area contributed by atoms with Crippen LogP contribution in [0.25, 0.3) is 0 Å². The quantitative estimate of drug-likeness (QED) is 0.815. The molecule has 106 valence electrons. The van der Waals surface area contributed by atoms with Crippen LogP contribution in [0, 0.1) is 6.92 Å². The predicted molar refractivity (Wildman–Crippen MR) is 73.2 cm³/mol. The average Bonchev–Trinajstić information content (AvgIpc) is 2.41. The van der Waals surface area contributed by atoms with Crippen molar-refractivity contribution in [3.05, 3.63) is 53.6 Å². The van der Waals surface area contributed by atoms with E-state index in [-0.39, 0.29) is 11.5 Å². The molecule has 0 amide bonds. The lowest BCUT2D eigenvalue weighted by molar-refractivity contribution is -0.0504. The zero-order chi connectivity index (χ0) is 14.5. The minimum absolute atomic E-state index is 0.158. The maximum absolute atomic E-state index is 12.3. The summed E-state index contributed by atoms with van der Waals surface area (Å²) in [7, 11) is 0. The third-order valence-electron chi connectivity index (χ3n) is 2.87. The van der Waals surface area contributed by atoms with Gasteiger partial charge in [-0.15, -0.1) is 0 Å². The summed E-state index contributed by atoms with van der Waals surface area (Å²) in [6, 6.07) is 11.7. The Labute approximate surface area is 115 Å². The van der Waals surface area contributed by atoms with Gasteiger partial charge in [0, 0.05) is 17.8 Å². The highest BCUT2D eigenvalue weighted by atomic mass is 19.3. The van der Waals surface area contributed by atoms with Crippen molar-refractivity contribution in [2.45, 2.75) is 20.1 Å². The number of ether oxygens (including phenoxy) is 1. The second kappa shape index (κ2) is 6.23. The molecule has 0 radical (unpaired) electrons. The molecule has 0 spiro atoms. The Morgan fingerprint density at radius 2 is 1.95 bits per heavy atom. The summed E-state index contributed by atoms with van der Waals surface area (Å²) in [6.45, 7) is -0.700. The first-order valence-corrected chi connectivity index (χ1v) is 6.12. The van der Waals surface area contributed by atoms with Crippen molar-refractivity contribution in [3.63, 3.8) is 0 Å². The molecular weight excluding hydrogens is 264 g/mol. The standard InChI is InChI=1S/C15H15F2NO2/c1-10-8-12(6-7-13(10)19)18-9-11-4-2-3-5-14(11)20-15(16)17/h2-8,15,18-19H,9H2,1H3. The Bertz CT molecular complexity index is 588. The van der Waals surface area contributed by atoms with E-state index in [1.807, 2.05) is 0 Å². The minimum atomic E-state index is -2.84. The molecule has 0 atom stereocenters. The SMILES string of the molecule is Cc1cc(NCc2ccccc2OC(F)F)ccc1O. The van der Waals surface area contributed by atoms with Crippen LogP contribution in [0.15, 0.2) is 42.5 Å². The Kier molecular flexibility index (Phi) is 4.40. The number of aryl methyl sites for hydroxylation is 1. The van der Waals surface area contributed by atoms with Gasteiger partial charge in [-0.1, -0.05) is 18.2 Å². The zero-order valence-electron chi connectivity index (χ0n) is 10.9. The molecule has 0 bridgehead atoms. The molecule has 0 fully saturated rings. The van der Waals surface area contributed by atoms with E-state index in [2.05, 4.69) is 10.1 Å². The number of phenols is 1. The van der Waals surface area contributed by atoms with Crippen molar-refractivity contribution in [2.75, 3.05) is 5.32 Å². The second-order valence-electron chi connectivity index (χ2n) is 4.34. The molecule has 0 aliphatic rings. The monoisotopic (exact) mass is 279 g/mol. The van der Waals surface area contributed by atoms with Gasteiger partial charge in [0.1, 0.15) is 11.5 Å². The number of hydrogen-bond donors (Lipinski definition) is 2. The lowest BCUT2D eigenvalue weighted by atomic mass is 10.1. The van der Waals surface area contributed by atoms with Gasteiger partial charge >= 0.3 is 6.61 Å². The first-order chi connectivity index (χ1) is 9.56. The minimum Gasteiger partial charge on any atom is -0.508 e. The zero-order valence-corrected chi connectivity index (χ0v) is 10.9. The van der Waals surface area contributed by atoms with E-state index in [0.29, 0.717) is 12.1 Å². The summed E-state index contributed by atoms with van der Waals surface area (Å²) < 4.78 is 29.0. The summed E-state index contributed by atoms with van der Waals surface area (Å²) in [4.78, 5) is 0. The molecule has 3 nitrogen and oxygen atoms in total. The number of halogens is 2. The Morgan fingerprint density at radius 1 is 1.20 bits per heavy atom. The number of nitrogens with one attached hydrogen (secondary N) is 1.